The van der Waals surface area contributed by atoms with Gasteiger partial charge in [-0.25, -0.2) is 9.36 Å². The Hall–Kier alpha value is -3.47. The third-order valence-corrected chi connectivity index (χ3v) is 5.77. The molecule has 0 fully saturated rings. The summed E-state index contributed by atoms with van der Waals surface area (Å²) in [4.78, 5) is 46.0. The van der Waals surface area contributed by atoms with Gasteiger partial charge in [-0.1, -0.05) is 13.3 Å². The number of aromatic nitrogens is 8. The lowest BCUT2D eigenvalue weighted by Crippen LogP contribution is -2.13. The van der Waals surface area contributed by atoms with Crippen molar-refractivity contribution in [3.8, 4) is 0 Å². The SMILES string of the molecule is CCCc1cc(=O)[nH]c(=S)[nH]1.CCOC(=O)n1ccn(C)c1=S.Cc1cc(=O)[nH]c(=S)[nH]1.Cn1cc[nH]c1=S. The largest absolute Gasteiger partial charge is 0.449 e. The van der Waals surface area contributed by atoms with Crippen molar-refractivity contribution >= 4 is 55.0 Å². The lowest BCUT2D eigenvalue weighted by molar-refractivity contribution is 0.153. The normalized spacial score (nSPS) is 9.67. The molecule has 4 heterocycles. The van der Waals surface area contributed by atoms with Gasteiger partial charge in [0.15, 0.2) is 19.1 Å². The third-order valence-electron chi connectivity index (χ3n) is 4.47. The molecule has 0 radical (unpaired) electrons. The van der Waals surface area contributed by atoms with Crippen molar-refractivity contribution in [1.82, 2.24) is 38.6 Å². The number of hydrogen-bond acceptors (Lipinski definition) is 8. The lowest BCUT2D eigenvalue weighted by Gasteiger charge is -2.00. The van der Waals surface area contributed by atoms with Crippen LogP contribution in [0, 0.1) is 26.0 Å². The fraction of sp³-hybridized carbons (Fsp3) is 0.348. The smallest absolute Gasteiger partial charge is 0.420 e. The molecule has 0 unspecified atom stereocenters. The summed E-state index contributed by atoms with van der Waals surface area (Å²) in [6.07, 6.45) is 8.43. The average molecular weight is 613 g/mol. The van der Waals surface area contributed by atoms with E-state index in [-0.39, 0.29) is 11.1 Å². The number of carbonyl (C=O) groups is 1. The van der Waals surface area contributed by atoms with Gasteiger partial charge in [0, 0.05) is 62.4 Å². The molecule has 4 aromatic heterocycles. The zero-order chi connectivity index (χ0) is 29.5. The molecule has 212 valence electrons. The van der Waals surface area contributed by atoms with Crippen molar-refractivity contribution in [1.29, 1.82) is 0 Å². The summed E-state index contributed by atoms with van der Waals surface area (Å²) >= 11 is 19.2. The van der Waals surface area contributed by atoms with Crippen LogP contribution in [0.5, 0.6) is 0 Å². The van der Waals surface area contributed by atoms with Gasteiger partial charge in [0.25, 0.3) is 11.1 Å². The Morgan fingerprint density at radius 2 is 1.49 bits per heavy atom. The predicted molar refractivity (Wildman–Crippen MR) is 160 cm³/mol. The summed E-state index contributed by atoms with van der Waals surface area (Å²) in [5.41, 5.74) is 1.40. The second-order valence-electron chi connectivity index (χ2n) is 7.77. The van der Waals surface area contributed by atoms with Crippen LogP contribution in [0.2, 0.25) is 0 Å². The van der Waals surface area contributed by atoms with E-state index in [1.807, 2.05) is 24.0 Å². The van der Waals surface area contributed by atoms with Crippen molar-refractivity contribution < 1.29 is 9.53 Å². The number of nitrogens with one attached hydrogen (secondary N) is 5. The van der Waals surface area contributed by atoms with E-state index >= 15 is 0 Å². The molecule has 39 heavy (non-hydrogen) atoms. The van der Waals surface area contributed by atoms with Crippen LogP contribution >= 0.6 is 48.9 Å². The highest BCUT2D eigenvalue weighted by atomic mass is 32.1. The zero-order valence-electron chi connectivity index (χ0n) is 22.2. The average Bonchev–Trinajstić information content (AvgIpc) is 3.37. The van der Waals surface area contributed by atoms with Crippen LogP contribution < -0.4 is 11.1 Å². The number of hydrogen-bond donors (Lipinski definition) is 5. The molecule has 4 rings (SSSR count). The Labute approximate surface area is 244 Å². The Morgan fingerprint density at radius 3 is 1.87 bits per heavy atom. The van der Waals surface area contributed by atoms with Crippen molar-refractivity contribution in [2.75, 3.05) is 6.61 Å². The maximum Gasteiger partial charge on any atom is 0.420 e. The number of aromatic amines is 5. The first kappa shape index (κ1) is 33.6. The first-order valence-electron chi connectivity index (χ1n) is 11.6. The van der Waals surface area contributed by atoms with E-state index in [4.69, 9.17) is 41.4 Å². The van der Waals surface area contributed by atoms with Gasteiger partial charge in [0.1, 0.15) is 0 Å². The van der Waals surface area contributed by atoms with Crippen LogP contribution in [-0.4, -0.2) is 51.3 Å². The van der Waals surface area contributed by atoms with Gasteiger partial charge in [0.05, 0.1) is 6.61 Å². The molecule has 0 aliphatic carbocycles. The van der Waals surface area contributed by atoms with Gasteiger partial charge in [-0.2, -0.15) is 0 Å². The highest BCUT2D eigenvalue weighted by Crippen LogP contribution is 1.96. The number of ether oxygens (including phenoxy) is 1. The van der Waals surface area contributed by atoms with Gasteiger partial charge in [-0.3, -0.25) is 19.6 Å². The minimum Gasteiger partial charge on any atom is -0.449 e. The number of rotatable bonds is 3. The van der Waals surface area contributed by atoms with Crippen LogP contribution in [0.15, 0.2) is 46.5 Å². The Bertz CT molecular complexity index is 1630. The molecule has 0 aliphatic rings. The van der Waals surface area contributed by atoms with E-state index in [1.165, 1.54) is 10.6 Å². The van der Waals surface area contributed by atoms with Gasteiger partial charge >= 0.3 is 6.09 Å². The van der Waals surface area contributed by atoms with Gasteiger partial charge in [-0.05, 0) is 69.1 Å². The summed E-state index contributed by atoms with van der Waals surface area (Å²) in [5, 5.41) is 0. The number of H-pyrrole nitrogens is 5. The van der Waals surface area contributed by atoms with E-state index in [1.54, 1.807) is 43.9 Å². The molecule has 0 saturated carbocycles. The van der Waals surface area contributed by atoms with Crippen molar-refractivity contribution in [3.05, 3.63) is 88.1 Å². The molecule has 0 amide bonds. The fourth-order valence-corrected chi connectivity index (χ4v) is 3.52. The minimum atomic E-state index is -0.428. The van der Waals surface area contributed by atoms with Crippen molar-refractivity contribution in [2.24, 2.45) is 14.1 Å². The molecule has 4 aromatic rings. The summed E-state index contributed by atoms with van der Waals surface area (Å²) in [6, 6.07) is 3.00. The summed E-state index contributed by atoms with van der Waals surface area (Å²) in [5.74, 6) is 0. The molecule has 0 atom stereocenters. The fourth-order valence-electron chi connectivity index (χ4n) is 2.70. The van der Waals surface area contributed by atoms with Gasteiger partial charge in [-0.15, -0.1) is 0 Å². The second-order valence-corrected chi connectivity index (χ2v) is 9.34. The van der Waals surface area contributed by atoms with Crippen LogP contribution in [-0.2, 0) is 25.3 Å². The standard InChI is InChI=1S/C7H10N2O2S.C7H10N2OS.C5H6N2OS.C4H6N2S/c1-3-11-7(10)9-5-4-8(2)6(9)12;1-2-3-5-4-6(10)9-7(11)8-5;1-3-2-4(8)7-5(9)6-3;1-6-3-2-5-4(6)7/h4-5H,3H2,1-2H3;4H,2-3H2,1H3,(H2,8,9,10,11);2H,1H3,(H2,6,7,8,9);2-3H,1H3,(H,5,7). The maximum atomic E-state index is 11.1. The predicted octanol–water partition coefficient (Wildman–Crippen LogP) is 4.77. The Balaban J connectivity index is 0.000000264. The molecule has 0 aliphatic heterocycles. The quantitative estimate of drug-likeness (QED) is 0.207. The molecule has 0 aromatic carbocycles. The Morgan fingerprint density at radius 1 is 0.872 bits per heavy atom. The summed E-state index contributed by atoms with van der Waals surface area (Å²) in [6.45, 7) is 5.95. The maximum absolute atomic E-state index is 11.1. The van der Waals surface area contributed by atoms with E-state index in [0.29, 0.717) is 20.9 Å². The third kappa shape index (κ3) is 12.8. The zero-order valence-corrected chi connectivity index (χ0v) is 25.5. The molecule has 16 heteroatoms. The van der Waals surface area contributed by atoms with Crippen LogP contribution in [0.1, 0.15) is 31.7 Å². The molecular weight excluding hydrogens is 581 g/mol. The van der Waals surface area contributed by atoms with E-state index in [2.05, 4.69) is 44.1 Å². The highest BCUT2D eigenvalue weighted by Gasteiger charge is 2.06. The van der Waals surface area contributed by atoms with E-state index in [9.17, 15) is 14.4 Å². The number of carbonyl (C=O) groups excluding carboxylic acids is 1. The first-order valence-corrected chi connectivity index (χ1v) is 13.2. The summed E-state index contributed by atoms with van der Waals surface area (Å²) in [7, 11) is 3.68. The molecule has 5 N–H and O–H groups in total. The van der Waals surface area contributed by atoms with Gasteiger partial charge in [0.2, 0.25) is 0 Å². The number of imidazole rings is 2. The molecule has 12 nitrogen and oxygen atoms in total. The molecule has 0 bridgehead atoms. The van der Waals surface area contributed by atoms with E-state index < -0.39 is 6.09 Å². The monoisotopic (exact) mass is 612 g/mol. The van der Waals surface area contributed by atoms with Crippen LogP contribution in [0.3, 0.4) is 0 Å². The Kier molecular flexibility index (Phi) is 14.8. The minimum absolute atomic E-state index is 0.128. The van der Waals surface area contributed by atoms with Gasteiger partial charge < -0.3 is 28.8 Å². The number of aryl methyl sites for hydroxylation is 4. The number of nitrogens with zero attached hydrogens (tertiary/aromatic N) is 3. The van der Waals surface area contributed by atoms with E-state index in [0.717, 1.165) is 29.0 Å². The van der Waals surface area contributed by atoms with Crippen molar-refractivity contribution in [3.63, 3.8) is 0 Å². The van der Waals surface area contributed by atoms with Crippen LogP contribution in [0.4, 0.5) is 4.79 Å². The van der Waals surface area contributed by atoms with Crippen molar-refractivity contribution in [2.45, 2.75) is 33.6 Å². The summed E-state index contributed by atoms with van der Waals surface area (Å²) < 4.78 is 11.6. The molecule has 0 saturated heterocycles. The molecule has 0 spiro atoms. The highest BCUT2D eigenvalue weighted by molar-refractivity contribution is 7.71. The lowest BCUT2D eigenvalue weighted by atomic mass is 10.2. The second kappa shape index (κ2) is 17.2. The topological polar surface area (TPSA) is 154 Å². The molecular formula is C23H32N8O4S4. The first-order chi connectivity index (χ1) is 18.4. The van der Waals surface area contributed by atoms with Crippen LogP contribution in [0.25, 0.3) is 0 Å².